The van der Waals surface area contributed by atoms with E-state index in [0.717, 1.165) is 21.9 Å². The number of benzene rings is 2. The highest BCUT2D eigenvalue weighted by atomic mass is 35.5. The SMILES string of the molecule is Cc1ccccc1OCCNC(=O)[C@@H]1CN(S(C)(=O)=O)c2cc(Cl)ccc2O1. The number of halogens is 1. The summed E-state index contributed by atoms with van der Waals surface area (Å²) in [5, 5.41) is 3.10. The van der Waals surface area contributed by atoms with E-state index in [9.17, 15) is 13.2 Å². The Morgan fingerprint density at radius 2 is 2.07 bits per heavy atom. The zero-order chi connectivity index (χ0) is 20.3. The maximum absolute atomic E-state index is 12.5. The Kier molecular flexibility index (Phi) is 6.00. The summed E-state index contributed by atoms with van der Waals surface area (Å²) in [6, 6.07) is 12.2. The van der Waals surface area contributed by atoms with Crippen molar-refractivity contribution in [2.75, 3.05) is 30.3 Å². The third-order valence-corrected chi connectivity index (χ3v) is 5.62. The molecule has 0 bridgehead atoms. The van der Waals surface area contributed by atoms with E-state index in [-0.39, 0.29) is 25.4 Å². The fourth-order valence-electron chi connectivity index (χ4n) is 2.84. The van der Waals surface area contributed by atoms with Gasteiger partial charge in [-0.3, -0.25) is 9.10 Å². The lowest BCUT2D eigenvalue weighted by Crippen LogP contribution is -2.51. The van der Waals surface area contributed by atoms with Gasteiger partial charge in [-0.05, 0) is 36.8 Å². The number of rotatable bonds is 6. The lowest BCUT2D eigenvalue weighted by atomic mass is 10.2. The standard InChI is InChI=1S/C19H21ClN2O5S/c1-13-5-3-4-6-16(13)26-10-9-21-19(23)18-12-22(28(2,24)25)15-11-14(20)7-8-17(15)27-18/h3-8,11,18H,9-10,12H2,1-2H3,(H,21,23)/t18-/m0/s1. The number of hydrogen-bond acceptors (Lipinski definition) is 5. The molecule has 0 aromatic heterocycles. The maximum atomic E-state index is 12.5. The van der Waals surface area contributed by atoms with Crippen LogP contribution in [0.25, 0.3) is 0 Å². The van der Waals surface area contributed by atoms with E-state index in [1.54, 1.807) is 12.1 Å². The van der Waals surface area contributed by atoms with Crippen LogP contribution < -0.4 is 19.1 Å². The molecule has 7 nitrogen and oxygen atoms in total. The van der Waals surface area contributed by atoms with E-state index in [1.807, 2.05) is 31.2 Å². The minimum absolute atomic E-state index is 0.128. The molecule has 9 heteroatoms. The van der Waals surface area contributed by atoms with Gasteiger partial charge < -0.3 is 14.8 Å². The number of carbonyl (C=O) groups excluding carboxylic acids is 1. The monoisotopic (exact) mass is 424 g/mol. The second-order valence-electron chi connectivity index (χ2n) is 6.42. The van der Waals surface area contributed by atoms with Crippen molar-refractivity contribution in [2.45, 2.75) is 13.0 Å². The highest BCUT2D eigenvalue weighted by Gasteiger charge is 2.35. The van der Waals surface area contributed by atoms with Crippen LogP contribution in [0.5, 0.6) is 11.5 Å². The van der Waals surface area contributed by atoms with Gasteiger partial charge in [0.2, 0.25) is 10.0 Å². The molecular formula is C19H21ClN2O5S. The molecule has 28 heavy (non-hydrogen) atoms. The van der Waals surface area contributed by atoms with Crippen molar-refractivity contribution in [3.63, 3.8) is 0 Å². The summed E-state index contributed by atoms with van der Waals surface area (Å²) in [5.74, 6) is 0.625. The van der Waals surface area contributed by atoms with E-state index in [4.69, 9.17) is 21.1 Å². The number of para-hydroxylation sites is 1. The molecule has 0 fully saturated rings. The zero-order valence-corrected chi connectivity index (χ0v) is 17.1. The Morgan fingerprint density at radius 1 is 1.32 bits per heavy atom. The van der Waals surface area contributed by atoms with Crippen LogP contribution in [0, 0.1) is 6.92 Å². The molecule has 150 valence electrons. The topological polar surface area (TPSA) is 84.9 Å². The first-order chi connectivity index (χ1) is 13.3. The van der Waals surface area contributed by atoms with Gasteiger partial charge in [0.15, 0.2) is 6.10 Å². The Morgan fingerprint density at radius 3 is 2.79 bits per heavy atom. The Labute approximate surface area is 169 Å². The molecule has 2 aromatic carbocycles. The van der Waals surface area contributed by atoms with Crippen LogP contribution in [-0.2, 0) is 14.8 Å². The largest absolute Gasteiger partial charge is 0.491 e. The number of ether oxygens (including phenoxy) is 2. The predicted octanol–water partition coefficient (Wildman–Crippen LogP) is 2.37. The molecule has 1 atom stereocenters. The summed E-state index contributed by atoms with van der Waals surface area (Å²) in [4.78, 5) is 12.5. The number of amides is 1. The minimum atomic E-state index is -3.60. The van der Waals surface area contributed by atoms with Crippen molar-refractivity contribution in [1.29, 1.82) is 0 Å². The third kappa shape index (κ3) is 4.69. The molecule has 1 aliphatic heterocycles. The summed E-state index contributed by atoms with van der Waals surface area (Å²) in [5.41, 5.74) is 1.32. The van der Waals surface area contributed by atoms with Gasteiger partial charge in [-0.2, -0.15) is 0 Å². The molecule has 3 rings (SSSR count). The van der Waals surface area contributed by atoms with Gasteiger partial charge in [0.05, 0.1) is 25.0 Å². The number of sulfonamides is 1. The Balaban J connectivity index is 1.63. The van der Waals surface area contributed by atoms with Crippen molar-refractivity contribution in [3.05, 3.63) is 53.1 Å². The molecule has 0 spiro atoms. The van der Waals surface area contributed by atoms with Crippen molar-refractivity contribution in [1.82, 2.24) is 5.32 Å². The molecule has 0 saturated carbocycles. The van der Waals surface area contributed by atoms with Crippen molar-refractivity contribution >= 4 is 33.2 Å². The van der Waals surface area contributed by atoms with Crippen molar-refractivity contribution in [2.24, 2.45) is 0 Å². The molecular weight excluding hydrogens is 404 g/mol. The summed E-state index contributed by atoms with van der Waals surface area (Å²) in [7, 11) is -3.60. The van der Waals surface area contributed by atoms with E-state index in [2.05, 4.69) is 5.32 Å². The highest BCUT2D eigenvalue weighted by molar-refractivity contribution is 7.92. The number of anilines is 1. The van der Waals surface area contributed by atoms with Crippen LogP contribution in [0.15, 0.2) is 42.5 Å². The van der Waals surface area contributed by atoms with Gasteiger partial charge in [-0.25, -0.2) is 8.42 Å². The van der Waals surface area contributed by atoms with Crippen LogP contribution in [0.2, 0.25) is 5.02 Å². The first-order valence-electron chi connectivity index (χ1n) is 8.66. The van der Waals surface area contributed by atoms with Gasteiger partial charge in [0.1, 0.15) is 18.1 Å². The van der Waals surface area contributed by atoms with E-state index >= 15 is 0 Å². The lowest BCUT2D eigenvalue weighted by Gasteiger charge is -2.34. The fraction of sp³-hybridized carbons (Fsp3) is 0.316. The highest BCUT2D eigenvalue weighted by Crippen LogP contribution is 2.37. The number of fused-ring (bicyclic) bond motifs is 1. The van der Waals surface area contributed by atoms with Crippen molar-refractivity contribution in [3.8, 4) is 11.5 Å². The number of nitrogens with zero attached hydrogens (tertiary/aromatic N) is 1. The van der Waals surface area contributed by atoms with Gasteiger partial charge >= 0.3 is 0 Å². The lowest BCUT2D eigenvalue weighted by molar-refractivity contribution is -0.127. The second-order valence-corrected chi connectivity index (χ2v) is 8.76. The smallest absolute Gasteiger partial charge is 0.263 e. The third-order valence-electron chi connectivity index (χ3n) is 4.24. The molecule has 1 aliphatic rings. The predicted molar refractivity (Wildman–Crippen MR) is 108 cm³/mol. The van der Waals surface area contributed by atoms with Gasteiger partial charge in [0, 0.05) is 5.02 Å². The molecule has 0 saturated heterocycles. The first kappa shape index (κ1) is 20.3. The van der Waals surface area contributed by atoms with Crippen LogP contribution in [-0.4, -0.2) is 46.4 Å². The average molecular weight is 425 g/mol. The minimum Gasteiger partial charge on any atom is -0.491 e. The summed E-state index contributed by atoms with van der Waals surface area (Å²) < 4.78 is 36.8. The second kappa shape index (κ2) is 8.28. The van der Waals surface area contributed by atoms with Crippen molar-refractivity contribution < 1.29 is 22.7 Å². The summed E-state index contributed by atoms with van der Waals surface area (Å²) >= 11 is 5.97. The first-order valence-corrected chi connectivity index (χ1v) is 10.9. The van der Waals surface area contributed by atoms with E-state index in [1.165, 1.54) is 6.07 Å². The number of nitrogens with one attached hydrogen (secondary N) is 1. The molecule has 0 radical (unpaired) electrons. The number of carbonyl (C=O) groups is 1. The molecule has 2 aromatic rings. The van der Waals surface area contributed by atoms with E-state index < -0.39 is 22.0 Å². The molecule has 1 amide bonds. The van der Waals surface area contributed by atoms with Crippen LogP contribution in [0.3, 0.4) is 0 Å². The van der Waals surface area contributed by atoms with Crippen LogP contribution >= 0.6 is 11.6 Å². The van der Waals surface area contributed by atoms with Gasteiger partial charge in [-0.15, -0.1) is 0 Å². The normalized spacial score (nSPS) is 16.1. The quantitative estimate of drug-likeness (QED) is 0.719. The van der Waals surface area contributed by atoms with Crippen LogP contribution in [0.4, 0.5) is 5.69 Å². The van der Waals surface area contributed by atoms with Crippen LogP contribution in [0.1, 0.15) is 5.56 Å². The molecule has 0 unspecified atom stereocenters. The van der Waals surface area contributed by atoms with Gasteiger partial charge in [-0.1, -0.05) is 29.8 Å². The Hall–Kier alpha value is -2.45. The molecule has 1 N–H and O–H groups in total. The van der Waals surface area contributed by atoms with E-state index in [0.29, 0.717) is 10.7 Å². The average Bonchev–Trinajstić information content (AvgIpc) is 2.64. The Bertz CT molecular complexity index is 980. The maximum Gasteiger partial charge on any atom is 0.263 e. The van der Waals surface area contributed by atoms with Gasteiger partial charge in [0.25, 0.3) is 5.91 Å². The zero-order valence-electron chi connectivity index (χ0n) is 15.5. The molecule has 1 heterocycles. The number of aryl methyl sites for hydroxylation is 1. The summed E-state index contributed by atoms with van der Waals surface area (Å²) in [6.45, 7) is 2.36. The fourth-order valence-corrected chi connectivity index (χ4v) is 3.91. The number of hydrogen-bond donors (Lipinski definition) is 1. The molecule has 0 aliphatic carbocycles. The summed E-state index contributed by atoms with van der Waals surface area (Å²) in [6.07, 6.45) is 0.107.